The highest BCUT2D eigenvalue weighted by Crippen LogP contribution is 2.18. The molecule has 1 aromatic carbocycles. The van der Waals surface area contributed by atoms with Crippen LogP contribution in [0.1, 0.15) is 13.8 Å². The Labute approximate surface area is 124 Å². The molecule has 1 fully saturated rings. The molecule has 2 unspecified atom stereocenters. The van der Waals surface area contributed by atoms with Crippen molar-refractivity contribution >= 4 is 23.2 Å². The molecule has 1 saturated heterocycles. The van der Waals surface area contributed by atoms with Gasteiger partial charge in [-0.1, -0.05) is 13.8 Å². The first kappa shape index (κ1) is 15.5. The van der Waals surface area contributed by atoms with Gasteiger partial charge in [0, 0.05) is 23.3 Å². The van der Waals surface area contributed by atoms with Gasteiger partial charge in [-0.25, -0.2) is 0 Å². The molecule has 0 spiro atoms. The Kier molecular flexibility index (Phi) is 4.93. The molecule has 0 radical (unpaired) electrons. The van der Waals surface area contributed by atoms with Gasteiger partial charge in [0.25, 0.3) is 0 Å². The smallest absolute Gasteiger partial charge is 0.231 e. The lowest BCUT2D eigenvalue weighted by Crippen LogP contribution is -2.37. The summed E-state index contributed by atoms with van der Waals surface area (Å²) < 4.78 is 5.18. The fraction of sp³-hybridized carbons (Fsp3) is 0.467. The van der Waals surface area contributed by atoms with E-state index in [9.17, 15) is 9.59 Å². The van der Waals surface area contributed by atoms with E-state index in [1.54, 1.807) is 24.3 Å². The highest BCUT2D eigenvalue weighted by atomic mass is 16.5. The first-order valence-electron chi connectivity index (χ1n) is 7.02. The van der Waals surface area contributed by atoms with Crippen molar-refractivity contribution in [2.45, 2.75) is 19.9 Å². The maximum absolute atomic E-state index is 12.0. The van der Waals surface area contributed by atoms with E-state index in [0.29, 0.717) is 24.6 Å². The zero-order valence-corrected chi connectivity index (χ0v) is 12.3. The number of carbonyl (C=O) groups is 2. The van der Waals surface area contributed by atoms with Crippen LogP contribution in [0.15, 0.2) is 24.3 Å². The van der Waals surface area contributed by atoms with Gasteiger partial charge in [-0.05, 0) is 24.3 Å². The number of anilines is 2. The summed E-state index contributed by atoms with van der Waals surface area (Å²) in [5.74, 6) is -0.571. The van der Waals surface area contributed by atoms with Gasteiger partial charge in [-0.15, -0.1) is 0 Å². The molecular formula is C15H21N3O3. The van der Waals surface area contributed by atoms with Crippen LogP contribution < -0.4 is 16.4 Å². The molecule has 6 nitrogen and oxygen atoms in total. The third-order valence-electron chi connectivity index (χ3n) is 3.41. The lowest BCUT2D eigenvalue weighted by Gasteiger charge is -2.14. The molecule has 1 aliphatic heterocycles. The van der Waals surface area contributed by atoms with E-state index in [1.165, 1.54) is 0 Å². The Morgan fingerprint density at radius 1 is 1.14 bits per heavy atom. The topological polar surface area (TPSA) is 93.5 Å². The van der Waals surface area contributed by atoms with E-state index in [2.05, 4.69) is 10.6 Å². The number of hydrogen-bond acceptors (Lipinski definition) is 4. The highest BCUT2D eigenvalue weighted by molar-refractivity contribution is 5.94. The predicted molar refractivity (Wildman–Crippen MR) is 80.8 cm³/mol. The van der Waals surface area contributed by atoms with Crippen molar-refractivity contribution in [1.29, 1.82) is 0 Å². The molecule has 0 bridgehead atoms. The second-order valence-electron chi connectivity index (χ2n) is 5.52. The molecule has 4 N–H and O–H groups in total. The number of nitrogens with two attached hydrogens (primary N) is 1. The molecule has 6 heteroatoms. The van der Waals surface area contributed by atoms with E-state index in [4.69, 9.17) is 10.5 Å². The number of benzene rings is 1. The maximum atomic E-state index is 12.0. The standard InChI is InChI=1S/C15H21N3O3/c1-9(2)14(19)17-10-3-5-11(6-4-10)18-15(20)12-7-21-8-13(12)16/h3-6,9,12-13H,7-8,16H2,1-2H3,(H,17,19)(H,18,20). The molecule has 114 valence electrons. The van der Waals surface area contributed by atoms with Crippen LogP contribution in [0.25, 0.3) is 0 Å². The van der Waals surface area contributed by atoms with Crippen molar-refractivity contribution in [2.75, 3.05) is 23.8 Å². The molecule has 1 aliphatic rings. The largest absolute Gasteiger partial charge is 0.379 e. The molecule has 2 amide bonds. The Balaban J connectivity index is 1.93. The van der Waals surface area contributed by atoms with Crippen molar-refractivity contribution in [3.05, 3.63) is 24.3 Å². The fourth-order valence-corrected chi connectivity index (χ4v) is 2.00. The molecule has 1 aromatic rings. The third kappa shape index (κ3) is 4.03. The SMILES string of the molecule is CC(C)C(=O)Nc1ccc(NC(=O)C2COCC2N)cc1. The Morgan fingerprint density at radius 3 is 2.19 bits per heavy atom. The molecule has 1 heterocycles. The minimum Gasteiger partial charge on any atom is -0.379 e. The molecule has 21 heavy (non-hydrogen) atoms. The minimum atomic E-state index is -0.315. The zero-order valence-electron chi connectivity index (χ0n) is 12.3. The van der Waals surface area contributed by atoms with E-state index < -0.39 is 0 Å². The summed E-state index contributed by atoms with van der Waals surface area (Å²) in [5.41, 5.74) is 7.18. The number of amides is 2. The minimum absolute atomic E-state index is 0.0409. The van der Waals surface area contributed by atoms with Crippen LogP contribution in [0.3, 0.4) is 0 Å². The summed E-state index contributed by atoms with van der Waals surface area (Å²) in [4.78, 5) is 23.6. The highest BCUT2D eigenvalue weighted by Gasteiger charge is 2.31. The number of ether oxygens (including phenoxy) is 1. The van der Waals surface area contributed by atoms with Crippen LogP contribution in [0.5, 0.6) is 0 Å². The van der Waals surface area contributed by atoms with Crippen LogP contribution in [-0.4, -0.2) is 31.1 Å². The van der Waals surface area contributed by atoms with Gasteiger partial charge in [-0.2, -0.15) is 0 Å². The summed E-state index contributed by atoms with van der Waals surface area (Å²) >= 11 is 0. The van der Waals surface area contributed by atoms with Crippen molar-refractivity contribution in [3.8, 4) is 0 Å². The average molecular weight is 291 g/mol. The van der Waals surface area contributed by atoms with E-state index in [0.717, 1.165) is 0 Å². The summed E-state index contributed by atoms with van der Waals surface area (Å²) in [5, 5.41) is 5.60. The van der Waals surface area contributed by atoms with E-state index in [1.807, 2.05) is 13.8 Å². The van der Waals surface area contributed by atoms with Gasteiger partial charge in [-0.3, -0.25) is 9.59 Å². The number of hydrogen-bond donors (Lipinski definition) is 3. The normalized spacial score (nSPS) is 21.3. The van der Waals surface area contributed by atoms with Crippen LogP contribution >= 0.6 is 0 Å². The van der Waals surface area contributed by atoms with Crippen molar-refractivity contribution in [1.82, 2.24) is 0 Å². The summed E-state index contributed by atoms with van der Waals surface area (Å²) in [6, 6.07) is 6.74. The monoisotopic (exact) mass is 291 g/mol. The number of nitrogens with one attached hydrogen (secondary N) is 2. The summed E-state index contributed by atoms with van der Waals surface area (Å²) in [6.07, 6.45) is 0. The van der Waals surface area contributed by atoms with Crippen molar-refractivity contribution < 1.29 is 14.3 Å². The zero-order chi connectivity index (χ0) is 15.4. The van der Waals surface area contributed by atoms with Gasteiger partial charge in [0.1, 0.15) is 0 Å². The van der Waals surface area contributed by atoms with E-state index >= 15 is 0 Å². The van der Waals surface area contributed by atoms with Gasteiger partial charge in [0.2, 0.25) is 11.8 Å². The van der Waals surface area contributed by atoms with Crippen LogP contribution in [-0.2, 0) is 14.3 Å². The predicted octanol–water partition coefficient (Wildman–Crippen LogP) is 1.19. The van der Waals surface area contributed by atoms with Gasteiger partial charge in [0.15, 0.2) is 0 Å². The molecule has 0 saturated carbocycles. The first-order chi connectivity index (χ1) is 9.97. The quantitative estimate of drug-likeness (QED) is 0.777. The third-order valence-corrected chi connectivity index (χ3v) is 3.41. The number of carbonyl (C=O) groups excluding carboxylic acids is 2. The Hall–Kier alpha value is -1.92. The van der Waals surface area contributed by atoms with E-state index in [-0.39, 0.29) is 29.7 Å². The molecule has 2 rings (SSSR count). The lowest BCUT2D eigenvalue weighted by atomic mass is 10.0. The Bertz CT molecular complexity index is 513. The van der Waals surface area contributed by atoms with Crippen molar-refractivity contribution in [2.24, 2.45) is 17.6 Å². The van der Waals surface area contributed by atoms with Gasteiger partial charge >= 0.3 is 0 Å². The van der Waals surface area contributed by atoms with Crippen LogP contribution in [0.4, 0.5) is 11.4 Å². The second kappa shape index (κ2) is 6.69. The molecule has 0 aromatic heterocycles. The second-order valence-corrected chi connectivity index (χ2v) is 5.52. The average Bonchev–Trinajstić information content (AvgIpc) is 2.87. The fourth-order valence-electron chi connectivity index (χ4n) is 2.00. The van der Waals surface area contributed by atoms with Crippen LogP contribution in [0.2, 0.25) is 0 Å². The molecule has 2 atom stereocenters. The maximum Gasteiger partial charge on any atom is 0.231 e. The first-order valence-corrected chi connectivity index (χ1v) is 7.02. The van der Waals surface area contributed by atoms with Crippen molar-refractivity contribution in [3.63, 3.8) is 0 Å². The molecule has 0 aliphatic carbocycles. The lowest BCUT2D eigenvalue weighted by molar-refractivity contribution is -0.120. The molecular weight excluding hydrogens is 270 g/mol. The van der Waals surface area contributed by atoms with Gasteiger partial charge < -0.3 is 21.1 Å². The van der Waals surface area contributed by atoms with Crippen LogP contribution in [0, 0.1) is 11.8 Å². The summed E-state index contributed by atoms with van der Waals surface area (Å²) in [6.45, 7) is 4.43. The number of rotatable bonds is 4. The summed E-state index contributed by atoms with van der Waals surface area (Å²) in [7, 11) is 0. The van der Waals surface area contributed by atoms with Gasteiger partial charge in [0.05, 0.1) is 19.1 Å². The Morgan fingerprint density at radius 2 is 1.71 bits per heavy atom.